The average molecular weight is 258 g/mol. The lowest BCUT2D eigenvalue weighted by Crippen LogP contribution is -2.46. The number of likely N-dealkylation sites (tertiary alicyclic amines) is 1. The molecule has 2 aliphatic rings. The van der Waals surface area contributed by atoms with Crippen LogP contribution < -0.4 is 5.32 Å². The predicted molar refractivity (Wildman–Crippen MR) is 81.6 cm³/mol. The largest absolute Gasteiger partial charge is 0.384 e. The minimum absolute atomic E-state index is 0.755. The van der Waals surface area contributed by atoms with Gasteiger partial charge in [-0.2, -0.15) is 0 Å². The first-order valence-corrected chi connectivity index (χ1v) is 7.80. The van der Waals surface area contributed by atoms with E-state index in [1.807, 2.05) is 0 Å². The molecule has 0 saturated carbocycles. The summed E-state index contributed by atoms with van der Waals surface area (Å²) in [5, 5.41) is 3.60. The Balaban J connectivity index is 1.63. The Labute approximate surface area is 117 Å². The second-order valence-electron chi connectivity index (χ2n) is 6.46. The molecule has 3 atom stereocenters. The highest BCUT2D eigenvalue weighted by Crippen LogP contribution is 2.28. The Morgan fingerprint density at radius 2 is 2.11 bits per heavy atom. The quantitative estimate of drug-likeness (QED) is 0.874. The molecule has 19 heavy (non-hydrogen) atoms. The van der Waals surface area contributed by atoms with Crippen molar-refractivity contribution in [2.75, 3.05) is 25.0 Å². The molecule has 3 unspecified atom stereocenters. The van der Waals surface area contributed by atoms with Gasteiger partial charge in [0.15, 0.2) is 0 Å². The Morgan fingerprint density at radius 1 is 1.26 bits per heavy atom. The van der Waals surface area contributed by atoms with Crippen LogP contribution in [0.5, 0.6) is 0 Å². The number of para-hydroxylation sites is 1. The highest BCUT2D eigenvalue weighted by atomic mass is 15.2. The fraction of sp³-hybridized carbons (Fsp3) is 0.647. The fourth-order valence-electron chi connectivity index (χ4n) is 3.65. The number of hydrogen-bond donors (Lipinski definition) is 1. The zero-order chi connectivity index (χ0) is 13.2. The second-order valence-corrected chi connectivity index (χ2v) is 6.46. The highest BCUT2D eigenvalue weighted by molar-refractivity contribution is 5.53. The maximum Gasteiger partial charge on any atom is 0.0372 e. The number of fused-ring (bicyclic) bond motifs is 1. The Hall–Kier alpha value is -1.02. The molecule has 0 radical (unpaired) electrons. The van der Waals surface area contributed by atoms with Gasteiger partial charge in [0.25, 0.3) is 0 Å². The van der Waals surface area contributed by atoms with Crippen molar-refractivity contribution in [3.63, 3.8) is 0 Å². The standard InChI is InChI=1S/C17H26N2/c1-13-6-5-9-19(14(13)2)12-15-10-16-7-3-4-8-17(16)18-11-15/h3-4,7-8,13-15,18H,5-6,9-12H2,1-2H3. The number of rotatable bonds is 2. The van der Waals surface area contributed by atoms with E-state index in [-0.39, 0.29) is 0 Å². The van der Waals surface area contributed by atoms with Crippen LogP contribution in [0.1, 0.15) is 32.3 Å². The Kier molecular flexibility index (Phi) is 3.79. The molecular formula is C17H26N2. The van der Waals surface area contributed by atoms with E-state index in [9.17, 15) is 0 Å². The Morgan fingerprint density at radius 3 is 3.00 bits per heavy atom. The van der Waals surface area contributed by atoms with Crippen LogP contribution in [0, 0.1) is 11.8 Å². The molecule has 1 aromatic carbocycles. The van der Waals surface area contributed by atoms with Crippen molar-refractivity contribution in [1.29, 1.82) is 0 Å². The van der Waals surface area contributed by atoms with Crippen molar-refractivity contribution < 1.29 is 0 Å². The molecule has 2 heteroatoms. The molecular weight excluding hydrogens is 232 g/mol. The van der Waals surface area contributed by atoms with Crippen LogP contribution in [-0.4, -0.2) is 30.6 Å². The van der Waals surface area contributed by atoms with E-state index in [2.05, 4.69) is 48.3 Å². The molecule has 1 N–H and O–H groups in total. The lowest BCUT2D eigenvalue weighted by atomic mass is 9.89. The molecule has 0 bridgehead atoms. The minimum Gasteiger partial charge on any atom is -0.384 e. The summed E-state index contributed by atoms with van der Waals surface area (Å²) in [5.41, 5.74) is 2.84. The van der Waals surface area contributed by atoms with E-state index in [0.29, 0.717) is 0 Å². The van der Waals surface area contributed by atoms with Gasteiger partial charge in [-0.05, 0) is 56.2 Å². The van der Waals surface area contributed by atoms with Crippen molar-refractivity contribution in [3.05, 3.63) is 29.8 Å². The van der Waals surface area contributed by atoms with E-state index in [0.717, 1.165) is 24.4 Å². The minimum atomic E-state index is 0.755. The van der Waals surface area contributed by atoms with Gasteiger partial charge in [-0.1, -0.05) is 25.1 Å². The number of piperidine rings is 1. The third-order valence-corrected chi connectivity index (χ3v) is 5.10. The molecule has 2 aliphatic heterocycles. The first kappa shape index (κ1) is 13.0. The molecule has 3 rings (SSSR count). The van der Waals surface area contributed by atoms with Crippen LogP contribution in [0.25, 0.3) is 0 Å². The number of nitrogens with one attached hydrogen (secondary N) is 1. The van der Waals surface area contributed by atoms with Crippen LogP contribution in [0.2, 0.25) is 0 Å². The maximum atomic E-state index is 3.60. The maximum absolute atomic E-state index is 3.60. The molecule has 104 valence electrons. The average Bonchev–Trinajstić information content (AvgIpc) is 2.44. The van der Waals surface area contributed by atoms with Gasteiger partial charge in [-0.15, -0.1) is 0 Å². The summed E-state index contributed by atoms with van der Waals surface area (Å²) in [7, 11) is 0. The van der Waals surface area contributed by atoms with Crippen LogP contribution >= 0.6 is 0 Å². The second kappa shape index (κ2) is 5.54. The lowest BCUT2D eigenvalue weighted by Gasteiger charge is -2.40. The first-order chi connectivity index (χ1) is 9.24. The van der Waals surface area contributed by atoms with Crippen molar-refractivity contribution in [3.8, 4) is 0 Å². The molecule has 0 aromatic heterocycles. The molecule has 0 spiro atoms. The summed E-state index contributed by atoms with van der Waals surface area (Å²) in [6.07, 6.45) is 4.02. The van der Waals surface area contributed by atoms with Gasteiger partial charge in [0.2, 0.25) is 0 Å². The summed E-state index contributed by atoms with van der Waals surface area (Å²) < 4.78 is 0. The van der Waals surface area contributed by atoms with Crippen molar-refractivity contribution >= 4 is 5.69 Å². The molecule has 2 nitrogen and oxygen atoms in total. The van der Waals surface area contributed by atoms with Crippen LogP contribution in [-0.2, 0) is 6.42 Å². The first-order valence-electron chi connectivity index (χ1n) is 7.80. The summed E-state index contributed by atoms with van der Waals surface area (Å²) in [5.74, 6) is 1.63. The summed E-state index contributed by atoms with van der Waals surface area (Å²) in [4.78, 5) is 2.72. The van der Waals surface area contributed by atoms with Gasteiger partial charge in [0.05, 0.1) is 0 Å². The van der Waals surface area contributed by atoms with Crippen molar-refractivity contribution in [2.45, 2.75) is 39.2 Å². The zero-order valence-electron chi connectivity index (χ0n) is 12.2. The molecule has 0 aliphatic carbocycles. The number of hydrogen-bond acceptors (Lipinski definition) is 2. The van der Waals surface area contributed by atoms with Gasteiger partial charge in [-0.3, -0.25) is 0 Å². The molecule has 1 aromatic rings. The number of benzene rings is 1. The summed E-state index contributed by atoms with van der Waals surface area (Å²) >= 11 is 0. The molecule has 0 amide bonds. The third kappa shape index (κ3) is 2.79. The van der Waals surface area contributed by atoms with E-state index >= 15 is 0 Å². The number of anilines is 1. The summed E-state index contributed by atoms with van der Waals surface area (Å²) in [6.45, 7) is 8.50. The SMILES string of the molecule is CC1CCCN(CC2CNc3ccccc3C2)C1C. The predicted octanol–water partition coefficient (Wildman–Crippen LogP) is 3.39. The van der Waals surface area contributed by atoms with Crippen molar-refractivity contribution in [2.24, 2.45) is 11.8 Å². The van der Waals surface area contributed by atoms with Crippen LogP contribution in [0.4, 0.5) is 5.69 Å². The molecule has 1 saturated heterocycles. The topological polar surface area (TPSA) is 15.3 Å². The van der Waals surface area contributed by atoms with Gasteiger partial charge >= 0.3 is 0 Å². The monoisotopic (exact) mass is 258 g/mol. The third-order valence-electron chi connectivity index (χ3n) is 5.10. The number of nitrogens with zero attached hydrogens (tertiary/aromatic N) is 1. The molecule has 2 heterocycles. The zero-order valence-corrected chi connectivity index (χ0v) is 12.2. The highest BCUT2D eigenvalue weighted by Gasteiger charge is 2.28. The summed E-state index contributed by atoms with van der Waals surface area (Å²) in [6, 6.07) is 9.52. The normalized spacial score (nSPS) is 31.6. The van der Waals surface area contributed by atoms with Crippen LogP contribution in [0.3, 0.4) is 0 Å². The van der Waals surface area contributed by atoms with Crippen LogP contribution in [0.15, 0.2) is 24.3 Å². The lowest BCUT2D eigenvalue weighted by molar-refractivity contribution is 0.0965. The van der Waals surface area contributed by atoms with Gasteiger partial charge in [0, 0.05) is 24.8 Å². The van der Waals surface area contributed by atoms with E-state index in [1.54, 1.807) is 0 Å². The van der Waals surface area contributed by atoms with E-state index in [4.69, 9.17) is 0 Å². The Bertz CT molecular complexity index is 429. The van der Waals surface area contributed by atoms with Gasteiger partial charge < -0.3 is 10.2 Å². The fourth-order valence-corrected chi connectivity index (χ4v) is 3.65. The van der Waals surface area contributed by atoms with Gasteiger partial charge in [0.1, 0.15) is 0 Å². The van der Waals surface area contributed by atoms with Crippen molar-refractivity contribution in [1.82, 2.24) is 4.90 Å². The van der Waals surface area contributed by atoms with E-state index in [1.165, 1.54) is 43.6 Å². The van der Waals surface area contributed by atoms with E-state index < -0.39 is 0 Å². The smallest absolute Gasteiger partial charge is 0.0372 e. The van der Waals surface area contributed by atoms with Gasteiger partial charge in [-0.25, -0.2) is 0 Å². The molecule has 1 fully saturated rings.